The molecule has 3 heterocycles. The summed E-state index contributed by atoms with van der Waals surface area (Å²) in [5.74, 6) is -0.658. The first kappa shape index (κ1) is 25.7. The van der Waals surface area contributed by atoms with Crippen LogP contribution < -0.4 is 4.74 Å². The number of amides is 2. The fourth-order valence-corrected chi connectivity index (χ4v) is 4.51. The topological polar surface area (TPSA) is 81.2 Å². The fourth-order valence-electron chi connectivity index (χ4n) is 4.51. The van der Waals surface area contributed by atoms with Crippen LogP contribution in [0.4, 0.5) is 18.0 Å². The van der Waals surface area contributed by atoms with Crippen LogP contribution in [-0.2, 0) is 16.0 Å². The van der Waals surface area contributed by atoms with E-state index in [1.165, 1.54) is 18.2 Å². The summed E-state index contributed by atoms with van der Waals surface area (Å²) in [6, 6.07) is 8.36. The Morgan fingerprint density at radius 1 is 1.17 bits per heavy atom. The van der Waals surface area contributed by atoms with Crippen molar-refractivity contribution in [2.45, 2.75) is 57.8 Å². The molecule has 1 saturated heterocycles. The molecule has 0 unspecified atom stereocenters. The molecule has 11 heteroatoms. The van der Waals surface area contributed by atoms with Crippen LogP contribution in [0.1, 0.15) is 43.2 Å². The average molecular weight is 508 g/mol. The lowest BCUT2D eigenvalue weighted by molar-refractivity contribution is -0.274. The van der Waals surface area contributed by atoms with Crippen molar-refractivity contribution in [3.63, 3.8) is 0 Å². The molecule has 2 atom stereocenters. The Balaban J connectivity index is 1.52. The Bertz CT molecular complexity index is 1150. The summed E-state index contributed by atoms with van der Waals surface area (Å²) in [6.45, 7) is 6.30. The van der Waals surface area contributed by atoms with E-state index in [-0.39, 0.29) is 29.4 Å². The molecule has 2 aliphatic rings. The van der Waals surface area contributed by atoms with Gasteiger partial charge in [-0.1, -0.05) is 18.2 Å². The maximum atomic E-state index is 13.3. The van der Waals surface area contributed by atoms with Gasteiger partial charge < -0.3 is 24.0 Å². The molecule has 2 amide bonds. The molecule has 0 aliphatic carbocycles. The van der Waals surface area contributed by atoms with Gasteiger partial charge in [-0.3, -0.25) is 4.79 Å². The number of rotatable bonds is 5. The van der Waals surface area contributed by atoms with Gasteiger partial charge in [0, 0.05) is 31.3 Å². The van der Waals surface area contributed by atoms with Crippen LogP contribution in [0.3, 0.4) is 0 Å². The van der Waals surface area contributed by atoms with Crippen molar-refractivity contribution in [3.8, 4) is 17.0 Å². The average Bonchev–Trinajstić information content (AvgIpc) is 3.33. The molecule has 0 N–H and O–H groups in total. The maximum Gasteiger partial charge on any atom is 0.573 e. The van der Waals surface area contributed by atoms with E-state index >= 15 is 0 Å². The highest BCUT2D eigenvalue weighted by atomic mass is 19.4. The zero-order valence-electron chi connectivity index (χ0n) is 20.5. The number of hydrogen-bond donors (Lipinski definition) is 0. The van der Waals surface area contributed by atoms with Gasteiger partial charge in [0.05, 0.1) is 24.4 Å². The number of alkyl halides is 3. The number of fused-ring (bicyclic) bond motifs is 1. The third-order valence-corrected chi connectivity index (χ3v) is 5.97. The largest absolute Gasteiger partial charge is 0.573 e. The lowest BCUT2D eigenvalue weighted by atomic mass is 10.1. The van der Waals surface area contributed by atoms with Crippen molar-refractivity contribution >= 4 is 12.0 Å². The number of methoxy groups -OCH3 is 1. The molecular weight excluding hydrogens is 479 g/mol. The number of hydrogen-bond acceptors (Lipinski definition) is 6. The van der Waals surface area contributed by atoms with Crippen molar-refractivity contribution in [1.82, 2.24) is 14.8 Å². The smallest absolute Gasteiger partial charge is 0.444 e. The molecule has 0 radical (unpaired) electrons. The van der Waals surface area contributed by atoms with Gasteiger partial charge in [0.15, 0.2) is 0 Å². The van der Waals surface area contributed by atoms with Gasteiger partial charge >= 0.3 is 12.5 Å². The molecule has 0 spiro atoms. The number of nitrogens with zero attached hydrogens (tertiary/aromatic N) is 3. The van der Waals surface area contributed by atoms with Gasteiger partial charge in [-0.25, -0.2) is 9.78 Å². The van der Waals surface area contributed by atoms with Gasteiger partial charge in [0.2, 0.25) is 0 Å². The maximum absolute atomic E-state index is 13.3. The number of halogens is 3. The third kappa shape index (κ3) is 5.72. The van der Waals surface area contributed by atoms with Gasteiger partial charge in [-0.05, 0) is 45.4 Å². The van der Waals surface area contributed by atoms with Gasteiger partial charge in [0.1, 0.15) is 17.0 Å². The van der Waals surface area contributed by atoms with Crippen LogP contribution in [0.15, 0.2) is 36.4 Å². The van der Waals surface area contributed by atoms with Gasteiger partial charge in [-0.2, -0.15) is 0 Å². The monoisotopic (exact) mass is 507 g/mol. The Morgan fingerprint density at radius 3 is 2.58 bits per heavy atom. The summed E-state index contributed by atoms with van der Waals surface area (Å²) < 4.78 is 52.6. The summed E-state index contributed by atoms with van der Waals surface area (Å²) in [7, 11) is 1.55. The molecule has 1 fully saturated rings. The van der Waals surface area contributed by atoms with Crippen molar-refractivity contribution in [2.75, 3.05) is 20.3 Å². The molecule has 0 bridgehead atoms. The first-order valence-corrected chi connectivity index (χ1v) is 11.5. The molecule has 1 aromatic heterocycles. The number of carbonyl (C=O) groups excluding carboxylic acids is 2. The van der Waals surface area contributed by atoms with E-state index in [2.05, 4.69) is 9.72 Å². The Morgan fingerprint density at radius 2 is 1.92 bits per heavy atom. The number of ether oxygens (including phenoxy) is 3. The zero-order valence-corrected chi connectivity index (χ0v) is 20.5. The van der Waals surface area contributed by atoms with Crippen molar-refractivity contribution in [2.24, 2.45) is 0 Å². The zero-order chi connectivity index (χ0) is 26.3. The van der Waals surface area contributed by atoms with Gasteiger partial charge in [-0.15, -0.1) is 13.2 Å². The number of carbonyl (C=O) groups is 2. The van der Waals surface area contributed by atoms with Crippen LogP contribution in [-0.4, -0.2) is 71.1 Å². The summed E-state index contributed by atoms with van der Waals surface area (Å²) in [5, 5.41) is 0. The van der Waals surface area contributed by atoms with E-state index in [9.17, 15) is 22.8 Å². The van der Waals surface area contributed by atoms with Crippen LogP contribution in [0, 0.1) is 0 Å². The van der Waals surface area contributed by atoms with Crippen molar-refractivity contribution in [1.29, 1.82) is 0 Å². The molecule has 1 aromatic carbocycles. The van der Waals surface area contributed by atoms with Crippen molar-refractivity contribution < 1.29 is 37.0 Å². The van der Waals surface area contributed by atoms with Crippen LogP contribution in [0.2, 0.25) is 0 Å². The Labute approximate surface area is 206 Å². The van der Waals surface area contributed by atoms with E-state index in [1.807, 2.05) is 0 Å². The number of likely N-dealkylation sites (tertiary alicyclic amines) is 1. The lowest BCUT2D eigenvalue weighted by Crippen LogP contribution is -2.43. The van der Waals surface area contributed by atoms with Gasteiger partial charge in [0.25, 0.3) is 5.91 Å². The molecule has 8 nitrogen and oxygen atoms in total. The quantitative estimate of drug-likeness (QED) is 0.587. The van der Waals surface area contributed by atoms with Crippen LogP contribution in [0.25, 0.3) is 11.3 Å². The lowest BCUT2D eigenvalue weighted by Gasteiger charge is -2.28. The van der Waals surface area contributed by atoms with Crippen molar-refractivity contribution in [3.05, 3.63) is 47.7 Å². The van der Waals surface area contributed by atoms with E-state index in [1.54, 1.807) is 55.9 Å². The first-order chi connectivity index (χ1) is 16.8. The Hall–Kier alpha value is -3.34. The highest BCUT2D eigenvalue weighted by molar-refractivity contribution is 5.97. The molecular formula is C25H28F3N3O5. The molecule has 4 rings (SSSR count). The molecule has 194 valence electrons. The normalized spacial score (nSPS) is 20.0. The number of pyridine rings is 1. The molecule has 0 saturated carbocycles. The molecule has 2 aromatic rings. The second-order valence-corrected chi connectivity index (χ2v) is 9.84. The SMILES string of the molecule is COC[C@@H]1C[C@@H](N2Cc3ccc(-c4cccc(OC(F)(F)F)c4)nc3C2=O)CN1C(=O)OC(C)(C)C. The predicted molar refractivity (Wildman–Crippen MR) is 123 cm³/mol. The summed E-state index contributed by atoms with van der Waals surface area (Å²) >= 11 is 0. The molecule has 36 heavy (non-hydrogen) atoms. The Kier molecular flexibility index (Phi) is 6.87. The fraction of sp³-hybridized carbons (Fsp3) is 0.480. The highest BCUT2D eigenvalue weighted by Crippen LogP contribution is 2.33. The van der Waals surface area contributed by atoms with E-state index in [4.69, 9.17) is 9.47 Å². The van der Waals surface area contributed by atoms with E-state index < -0.39 is 18.1 Å². The summed E-state index contributed by atoms with van der Waals surface area (Å²) in [5.41, 5.74) is 1.05. The first-order valence-electron chi connectivity index (χ1n) is 11.5. The second-order valence-electron chi connectivity index (χ2n) is 9.84. The molecule has 2 aliphatic heterocycles. The summed E-state index contributed by atoms with van der Waals surface area (Å²) in [4.78, 5) is 33.8. The van der Waals surface area contributed by atoms with E-state index in [0.717, 1.165) is 0 Å². The minimum absolute atomic E-state index is 0.244. The minimum atomic E-state index is -4.81. The van der Waals surface area contributed by atoms with Crippen LogP contribution >= 0.6 is 0 Å². The predicted octanol–water partition coefficient (Wildman–Crippen LogP) is 4.63. The number of aromatic nitrogens is 1. The third-order valence-electron chi connectivity index (χ3n) is 5.97. The van der Waals surface area contributed by atoms with E-state index in [0.29, 0.717) is 42.9 Å². The number of benzene rings is 1. The second kappa shape index (κ2) is 9.61. The van der Waals surface area contributed by atoms with Crippen LogP contribution in [0.5, 0.6) is 5.75 Å². The minimum Gasteiger partial charge on any atom is -0.444 e. The standard InChI is InChI=1S/C25H28F3N3O5/c1-24(2,3)36-23(33)31-13-17(11-18(31)14-34-4)30-12-16-8-9-20(29-21(16)22(30)32)15-6-5-7-19(10-15)35-25(26,27)28/h5-10,17-18H,11-14H2,1-4H3/t17-,18+/m1/s1. The highest BCUT2D eigenvalue weighted by Gasteiger charge is 2.44. The summed E-state index contributed by atoms with van der Waals surface area (Å²) in [6.07, 6.45) is -4.75.